The summed E-state index contributed by atoms with van der Waals surface area (Å²) in [5.74, 6) is 0.123. The molecule has 0 aliphatic rings. The van der Waals surface area contributed by atoms with Crippen molar-refractivity contribution in [2.45, 2.75) is 65.2 Å². The van der Waals surface area contributed by atoms with Crippen molar-refractivity contribution in [2.75, 3.05) is 17.4 Å². The van der Waals surface area contributed by atoms with Crippen molar-refractivity contribution in [3.05, 3.63) is 59.2 Å². The van der Waals surface area contributed by atoms with E-state index in [4.69, 9.17) is 0 Å². The highest BCUT2D eigenvalue weighted by Crippen LogP contribution is 2.28. The topological polar surface area (TPSA) is 66.5 Å². The molecule has 1 N–H and O–H groups in total. The van der Waals surface area contributed by atoms with Crippen molar-refractivity contribution < 1.29 is 13.2 Å². The molecule has 0 saturated heterocycles. The number of rotatable bonds is 11. The third kappa shape index (κ3) is 6.57. The van der Waals surface area contributed by atoms with Gasteiger partial charge in [-0.15, -0.1) is 0 Å². The fraction of sp³-hybridized carbons (Fsp3) is 0.480. The van der Waals surface area contributed by atoms with Gasteiger partial charge in [-0.25, -0.2) is 8.42 Å². The monoisotopic (exact) mass is 444 g/mol. The summed E-state index contributed by atoms with van der Waals surface area (Å²) in [5.41, 5.74) is 3.34. The molecule has 0 aliphatic heterocycles. The third-order valence-electron chi connectivity index (χ3n) is 5.87. The van der Waals surface area contributed by atoms with Gasteiger partial charge in [0.05, 0.1) is 10.6 Å². The molecule has 2 rings (SSSR count). The first-order chi connectivity index (χ1) is 14.7. The van der Waals surface area contributed by atoms with Crippen molar-refractivity contribution in [3.8, 4) is 0 Å². The van der Waals surface area contributed by atoms with E-state index in [-0.39, 0.29) is 17.3 Å². The van der Waals surface area contributed by atoms with E-state index < -0.39 is 10.0 Å². The van der Waals surface area contributed by atoms with Crippen LogP contribution in [-0.2, 0) is 14.8 Å². The summed E-state index contributed by atoms with van der Waals surface area (Å²) >= 11 is 0. The van der Waals surface area contributed by atoms with Crippen molar-refractivity contribution in [2.24, 2.45) is 5.92 Å². The second-order valence-corrected chi connectivity index (χ2v) is 10.1. The predicted molar refractivity (Wildman–Crippen MR) is 128 cm³/mol. The van der Waals surface area contributed by atoms with Crippen LogP contribution in [0, 0.1) is 26.7 Å². The van der Waals surface area contributed by atoms with Crippen molar-refractivity contribution in [1.82, 2.24) is 5.32 Å². The number of benzene rings is 2. The number of carbonyl (C=O) groups is 1. The van der Waals surface area contributed by atoms with E-state index in [1.54, 1.807) is 30.3 Å². The summed E-state index contributed by atoms with van der Waals surface area (Å²) in [6, 6.07) is 12.3. The molecule has 0 saturated carbocycles. The molecule has 0 heterocycles. The highest BCUT2D eigenvalue weighted by atomic mass is 32.2. The summed E-state index contributed by atoms with van der Waals surface area (Å²) in [5, 5.41) is 2.96. The first-order valence-corrected chi connectivity index (χ1v) is 12.6. The van der Waals surface area contributed by atoms with Gasteiger partial charge in [0.15, 0.2) is 0 Å². The zero-order valence-corrected chi connectivity index (χ0v) is 20.3. The summed E-state index contributed by atoms with van der Waals surface area (Å²) in [7, 11) is -3.89. The maximum atomic E-state index is 13.5. The predicted octanol–water partition coefficient (Wildman–Crippen LogP) is 5.14. The molecule has 0 aromatic heterocycles. The van der Waals surface area contributed by atoms with E-state index in [0.717, 1.165) is 42.4 Å². The lowest BCUT2D eigenvalue weighted by molar-refractivity contribution is -0.119. The summed E-state index contributed by atoms with van der Waals surface area (Å²) in [4.78, 5) is 13.0. The van der Waals surface area contributed by atoms with Crippen LogP contribution in [0.15, 0.2) is 47.4 Å². The SMILES string of the molecule is CCCC[C@H](CC)CNC(=O)CN(c1cccc(C)c1C)S(=O)(=O)c1ccc(C)cc1. The lowest BCUT2D eigenvalue weighted by Gasteiger charge is -2.26. The van der Waals surface area contributed by atoms with E-state index in [1.807, 2.05) is 32.9 Å². The highest BCUT2D eigenvalue weighted by Gasteiger charge is 2.28. The second kappa shape index (κ2) is 11.3. The molecule has 31 heavy (non-hydrogen) atoms. The average Bonchev–Trinajstić information content (AvgIpc) is 2.74. The maximum absolute atomic E-state index is 13.5. The fourth-order valence-corrected chi connectivity index (χ4v) is 5.01. The lowest BCUT2D eigenvalue weighted by atomic mass is 9.99. The quantitative estimate of drug-likeness (QED) is 0.522. The van der Waals surface area contributed by atoms with Crippen LogP contribution in [0.4, 0.5) is 5.69 Å². The number of amides is 1. The van der Waals surface area contributed by atoms with Gasteiger partial charge in [-0.2, -0.15) is 0 Å². The Kier molecular flexibility index (Phi) is 9.11. The number of anilines is 1. The Morgan fingerprint density at radius 1 is 1.03 bits per heavy atom. The van der Waals surface area contributed by atoms with Gasteiger partial charge in [0, 0.05) is 6.54 Å². The molecule has 2 aromatic carbocycles. The molecule has 1 atom stereocenters. The molecule has 0 radical (unpaired) electrons. The Morgan fingerprint density at radius 2 is 1.71 bits per heavy atom. The normalized spacial score (nSPS) is 12.4. The standard InChI is InChI=1S/C25H36N2O3S/c1-6-8-11-22(7-2)17-26-25(28)18-27(24-12-9-10-20(4)21(24)5)31(29,30)23-15-13-19(3)14-16-23/h9-10,12-16,22H,6-8,11,17-18H2,1-5H3,(H,26,28)/t22-/m0/s1. The van der Waals surface area contributed by atoms with Crippen LogP contribution in [0.2, 0.25) is 0 Å². The van der Waals surface area contributed by atoms with Gasteiger partial charge in [-0.3, -0.25) is 9.10 Å². The number of nitrogens with one attached hydrogen (secondary N) is 1. The van der Waals surface area contributed by atoms with Crippen LogP contribution in [0.25, 0.3) is 0 Å². The number of sulfonamides is 1. The molecule has 5 nitrogen and oxygen atoms in total. The summed E-state index contributed by atoms with van der Waals surface area (Å²) in [6.45, 7) is 10.3. The van der Waals surface area contributed by atoms with Crippen molar-refractivity contribution in [1.29, 1.82) is 0 Å². The Labute approximate surface area is 187 Å². The lowest BCUT2D eigenvalue weighted by Crippen LogP contribution is -2.42. The van der Waals surface area contributed by atoms with E-state index in [2.05, 4.69) is 19.2 Å². The largest absolute Gasteiger partial charge is 0.354 e. The Morgan fingerprint density at radius 3 is 2.32 bits per heavy atom. The molecular formula is C25H36N2O3S. The minimum absolute atomic E-state index is 0.182. The molecular weight excluding hydrogens is 408 g/mol. The summed E-state index contributed by atoms with van der Waals surface area (Å²) in [6.07, 6.45) is 4.31. The number of nitrogens with zero attached hydrogens (tertiary/aromatic N) is 1. The minimum Gasteiger partial charge on any atom is -0.354 e. The number of hydrogen-bond acceptors (Lipinski definition) is 3. The molecule has 170 valence electrons. The van der Waals surface area contributed by atoms with Crippen LogP contribution < -0.4 is 9.62 Å². The maximum Gasteiger partial charge on any atom is 0.264 e. The van der Waals surface area contributed by atoms with E-state index in [1.165, 1.54) is 4.31 Å². The molecule has 0 unspecified atom stereocenters. The number of hydrogen-bond donors (Lipinski definition) is 1. The zero-order chi connectivity index (χ0) is 23.0. The molecule has 0 aliphatic carbocycles. The fourth-order valence-electron chi connectivity index (χ4n) is 3.53. The highest BCUT2D eigenvalue weighted by molar-refractivity contribution is 7.92. The smallest absolute Gasteiger partial charge is 0.264 e. The number of carbonyl (C=O) groups excluding carboxylic acids is 1. The minimum atomic E-state index is -3.89. The van der Waals surface area contributed by atoms with Crippen molar-refractivity contribution in [3.63, 3.8) is 0 Å². The van der Waals surface area contributed by atoms with Gasteiger partial charge >= 0.3 is 0 Å². The van der Waals surface area contributed by atoms with Crippen molar-refractivity contribution >= 4 is 21.6 Å². The Hall–Kier alpha value is -2.34. The molecule has 6 heteroatoms. The molecule has 0 bridgehead atoms. The Bertz CT molecular complexity index is 969. The molecule has 1 amide bonds. The van der Waals surface area contributed by atoms with E-state index in [9.17, 15) is 13.2 Å². The molecule has 0 spiro atoms. The van der Waals surface area contributed by atoms with Crippen LogP contribution in [0.5, 0.6) is 0 Å². The zero-order valence-electron chi connectivity index (χ0n) is 19.4. The second-order valence-electron chi connectivity index (χ2n) is 8.26. The Balaban J connectivity index is 2.31. The van der Waals surface area contributed by atoms with Gasteiger partial charge in [-0.05, 0) is 62.4 Å². The van der Waals surface area contributed by atoms with E-state index >= 15 is 0 Å². The van der Waals surface area contributed by atoms with Gasteiger partial charge in [0.2, 0.25) is 5.91 Å². The van der Waals surface area contributed by atoms with Gasteiger partial charge in [0.25, 0.3) is 10.0 Å². The van der Waals surface area contributed by atoms with Crippen LogP contribution in [0.1, 0.15) is 56.2 Å². The molecule has 0 fully saturated rings. The van der Waals surface area contributed by atoms with Gasteiger partial charge < -0.3 is 5.32 Å². The third-order valence-corrected chi connectivity index (χ3v) is 7.65. The number of aryl methyl sites for hydroxylation is 2. The number of unbranched alkanes of at least 4 members (excludes halogenated alkanes) is 1. The van der Waals surface area contributed by atoms with E-state index in [0.29, 0.717) is 18.2 Å². The van der Waals surface area contributed by atoms with Crippen LogP contribution in [-0.4, -0.2) is 27.4 Å². The summed E-state index contributed by atoms with van der Waals surface area (Å²) < 4.78 is 28.3. The molecule has 2 aromatic rings. The first-order valence-electron chi connectivity index (χ1n) is 11.1. The van der Waals surface area contributed by atoms with Gasteiger partial charge in [-0.1, -0.05) is 62.9 Å². The van der Waals surface area contributed by atoms with Gasteiger partial charge in [0.1, 0.15) is 6.54 Å². The first kappa shape index (κ1) is 24.9. The van der Waals surface area contributed by atoms with Crippen LogP contribution >= 0.6 is 0 Å². The average molecular weight is 445 g/mol. The van der Waals surface area contributed by atoms with Crippen LogP contribution in [0.3, 0.4) is 0 Å².